The van der Waals surface area contributed by atoms with Gasteiger partial charge in [-0.25, -0.2) is 4.39 Å². The van der Waals surface area contributed by atoms with Gasteiger partial charge in [0.05, 0.1) is 11.1 Å². The number of nitrogens with zero attached hydrogens (tertiary/aromatic N) is 3. The molecule has 3 aromatic rings. The Labute approximate surface area is 128 Å². The Morgan fingerprint density at radius 3 is 2.86 bits per heavy atom. The van der Waals surface area contributed by atoms with Crippen LogP contribution in [0.5, 0.6) is 5.88 Å². The number of methoxy groups -OCH3 is 1. The second-order valence-corrected chi connectivity index (χ2v) is 5.12. The van der Waals surface area contributed by atoms with E-state index < -0.39 is 0 Å². The van der Waals surface area contributed by atoms with Gasteiger partial charge in [-0.1, -0.05) is 22.0 Å². The minimum absolute atomic E-state index is 0.0489. The molecule has 0 saturated heterocycles. The fourth-order valence-corrected chi connectivity index (χ4v) is 2.75. The number of aryl methyl sites for hydroxylation is 1. The van der Waals surface area contributed by atoms with E-state index in [-0.39, 0.29) is 12.6 Å². The average Bonchev–Trinajstić information content (AvgIpc) is 2.81. The number of hydrogen-bond acceptors (Lipinski definition) is 4. The zero-order valence-electron chi connectivity index (χ0n) is 11.6. The van der Waals surface area contributed by atoms with E-state index in [9.17, 15) is 4.39 Å². The van der Waals surface area contributed by atoms with Gasteiger partial charge in [-0.3, -0.25) is 4.68 Å². The number of fused-ring (bicyclic) bond motifs is 3. The van der Waals surface area contributed by atoms with E-state index in [0.717, 1.165) is 16.5 Å². The molecule has 0 radical (unpaired) electrons. The maximum atomic E-state index is 13.6. The summed E-state index contributed by atoms with van der Waals surface area (Å²) in [6.45, 7) is 0.0489. The molecule has 0 aliphatic heterocycles. The van der Waals surface area contributed by atoms with Gasteiger partial charge in [0.25, 0.3) is 0 Å². The van der Waals surface area contributed by atoms with Crippen LogP contribution in [0.2, 0.25) is 0 Å². The van der Waals surface area contributed by atoms with Crippen molar-refractivity contribution in [2.75, 3.05) is 13.9 Å². The van der Waals surface area contributed by atoms with Crippen molar-refractivity contribution >= 4 is 37.7 Å². The molecule has 0 bridgehead atoms. The third kappa shape index (κ3) is 2.36. The van der Waals surface area contributed by atoms with Gasteiger partial charge < -0.3 is 9.47 Å². The van der Waals surface area contributed by atoms with Gasteiger partial charge in [0.15, 0.2) is 12.4 Å². The van der Waals surface area contributed by atoms with E-state index in [4.69, 9.17) is 9.47 Å². The van der Waals surface area contributed by atoms with Gasteiger partial charge in [0, 0.05) is 30.3 Å². The molecule has 1 aromatic carbocycles. The lowest BCUT2D eigenvalue weighted by molar-refractivity contribution is 0.0492. The van der Waals surface area contributed by atoms with Gasteiger partial charge in [-0.05, 0) is 12.1 Å². The highest BCUT2D eigenvalue weighted by molar-refractivity contribution is 9.08. The molecular weight excluding hydrogens is 341 g/mol. The van der Waals surface area contributed by atoms with Gasteiger partial charge in [-0.2, -0.15) is 10.1 Å². The van der Waals surface area contributed by atoms with Crippen LogP contribution in [0.4, 0.5) is 4.39 Å². The van der Waals surface area contributed by atoms with Crippen molar-refractivity contribution in [3.63, 3.8) is 0 Å². The number of pyridine rings is 1. The van der Waals surface area contributed by atoms with Crippen molar-refractivity contribution < 1.29 is 13.9 Å². The zero-order valence-corrected chi connectivity index (χ0v) is 13.1. The summed E-state index contributed by atoms with van der Waals surface area (Å²) in [5.74, 6) is -0.00169. The van der Waals surface area contributed by atoms with Crippen LogP contribution in [0.1, 0.15) is 5.69 Å². The van der Waals surface area contributed by atoms with Crippen LogP contribution < -0.4 is 4.74 Å². The summed E-state index contributed by atoms with van der Waals surface area (Å²) in [5, 5.41) is 7.38. The van der Waals surface area contributed by atoms with E-state index in [1.54, 1.807) is 10.7 Å². The average molecular weight is 354 g/mol. The molecule has 0 N–H and O–H groups in total. The summed E-state index contributed by atoms with van der Waals surface area (Å²) >= 11 is 3.42. The van der Waals surface area contributed by atoms with E-state index >= 15 is 0 Å². The lowest BCUT2D eigenvalue weighted by Crippen LogP contribution is -2.02. The summed E-state index contributed by atoms with van der Waals surface area (Å²) in [6, 6.07) is 4.56. The molecular formula is C14H13BrFN3O2. The van der Waals surface area contributed by atoms with Crippen molar-refractivity contribution in [1.82, 2.24) is 14.8 Å². The fourth-order valence-electron chi connectivity index (χ4n) is 2.36. The van der Waals surface area contributed by atoms with Crippen LogP contribution >= 0.6 is 15.9 Å². The zero-order chi connectivity index (χ0) is 15.0. The van der Waals surface area contributed by atoms with Crippen molar-refractivity contribution in [3.8, 4) is 5.88 Å². The number of halogens is 2. The third-order valence-corrected chi connectivity index (χ3v) is 3.75. The Hall–Kier alpha value is -1.73. The molecule has 2 heterocycles. The van der Waals surface area contributed by atoms with Crippen LogP contribution in [0.3, 0.4) is 0 Å². The molecule has 0 amide bonds. The van der Waals surface area contributed by atoms with Crippen LogP contribution in [0.25, 0.3) is 21.8 Å². The molecule has 21 heavy (non-hydrogen) atoms. The van der Waals surface area contributed by atoms with Crippen LogP contribution in [-0.2, 0) is 17.1 Å². The SMILES string of the molecule is COCOc1nc2c(c(CBr)nn2C)c2ccc(F)cc12. The van der Waals surface area contributed by atoms with Gasteiger partial charge >= 0.3 is 0 Å². The lowest BCUT2D eigenvalue weighted by Gasteiger charge is -2.09. The van der Waals surface area contributed by atoms with Crippen LogP contribution in [0, 0.1) is 5.82 Å². The summed E-state index contributed by atoms with van der Waals surface area (Å²) in [6.07, 6.45) is 0. The quantitative estimate of drug-likeness (QED) is 0.534. The smallest absolute Gasteiger partial charge is 0.225 e. The van der Waals surface area contributed by atoms with Gasteiger partial charge in [0.1, 0.15) is 5.82 Å². The highest BCUT2D eigenvalue weighted by atomic mass is 79.9. The number of alkyl halides is 1. The van der Waals surface area contributed by atoms with E-state index in [1.165, 1.54) is 19.2 Å². The fraction of sp³-hybridized carbons (Fsp3) is 0.286. The standard InChI is InChI=1S/C14H13BrFN3O2/c1-19-13-12(11(6-15)18-19)9-4-3-8(16)5-10(9)14(17-13)21-7-20-2/h3-5H,6-7H2,1-2H3. The lowest BCUT2D eigenvalue weighted by atomic mass is 10.1. The van der Waals surface area contributed by atoms with Gasteiger partial charge in [-0.15, -0.1) is 0 Å². The second kappa shape index (κ2) is 5.57. The number of hydrogen-bond donors (Lipinski definition) is 0. The monoisotopic (exact) mass is 353 g/mol. The Morgan fingerprint density at radius 2 is 2.14 bits per heavy atom. The first-order valence-corrected chi connectivity index (χ1v) is 7.40. The molecule has 0 fully saturated rings. The topological polar surface area (TPSA) is 49.2 Å². The van der Waals surface area contributed by atoms with Crippen molar-refractivity contribution in [3.05, 3.63) is 29.7 Å². The highest BCUT2D eigenvalue weighted by Gasteiger charge is 2.17. The summed E-state index contributed by atoms with van der Waals surface area (Å²) < 4.78 is 25.7. The Balaban J connectivity index is 2.39. The molecule has 0 unspecified atom stereocenters. The minimum Gasteiger partial charge on any atom is -0.450 e. The molecule has 0 saturated carbocycles. The number of benzene rings is 1. The summed E-state index contributed by atoms with van der Waals surface area (Å²) in [4.78, 5) is 4.46. The highest BCUT2D eigenvalue weighted by Crippen LogP contribution is 2.33. The summed E-state index contributed by atoms with van der Waals surface area (Å²) in [7, 11) is 3.34. The van der Waals surface area contributed by atoms with Crippen molar-refractivity contribution in [2.24, 2.45) is 7.05 Å². The molecule has 7 heteroatoms. The molecule has 2 aromatic heterocycles. The van der Waals surface area contributed by atoms with Crippen molar-refractivity contribution in [2.45, 2.75) is 5.33 Å². The van der Waals surface area contributed by atoms with Crippen LogP contribution in [-0.4, -0.2) is 28.7 Å². The predicted octanol–water partition coefficient (Wildman–Crippen LogP) is 3.14. The maximum absolute atomic E-state index is 13.6. The molecule has 5 nitrogen and oxygen atoms in total. The van der Waals surface area contributed by atoms with Crippen LogP contribution in [0.15, 0.2) is 18.2 Å². The van der Waals surface area contributed by atoms with E-state index in [1.807, 2.05) is 7.05 Å². The molecule has 0 aliphatic carbocycles. The van der Waals surface area contributed by atoms with E-state index in [0.29, 0.717) is 22.2 Å². The number of aromatic nitrogens is 3. The number of rotatable bonds is 4. The Bertz CT molecular complexity index is 819. The second-order valence-electron chi connectivity index (χ2n) is 4.56. The predicted molar refractivity (Wildman–Crippen MR) is 81.1 cm³/mol. The largest absolute Gasteiger partial charge is 0.450 e. The molecule has 0 atom stereocenters. The first kappa shape index (κ1) is 14.2. The maximum Gasteiger partial charge on any atom is 0.225 e. The normalized spacial score (nSPS) is 11.4. The number of ether oxygens (including phenoxy) is 2. The molecule has 3 rings (SSSR count). The third-order valence-electron chi connectivity index (χ3n) is 3.22. The molecule has 0 aliphatic rings. The molecule has 0 spiro atoms. The first-order valence-electron chi connectivity index (χ1n) is 6.28. The Morgan fingerprint density at radius 1 is 1.33 bits per heavy atom. The van der Waals surface area contributed by atoms with E-state index in [2.05, 4.69) is 26.0 Å². The minimum atomic E-state index is -0.338. The Kier molecular flexibility index (Phi) is 3.77. The summed E-state index contributed by atoms with van der Waals surface area (Å²) in [5.41, 5.74) is 1.55. The molecule has 110 valence electrons. The van der Waals surface area contributed by atoms with Crippen molar-refractivity contribution in [1.29, 1.82) is 0 Å². The van der Waals surface area contributed by atoms with Gasteiger partial charge in [0.2, 0.25) is 5.88 Å². The first-order chi connectivity index (χ1) is 10.2.